The molecule has 0 aromatic heterocycles. The Labute approximate surface area is 216 Å². The number of phenols is 1. The van der Waals surface area contributed by atoms with Crippen LogP contribution >= 0.6 is 0 Å². The molecule has 1 spiro atoms. The van der Waals surface area contributed by atoms with Gasteiger partial charge in [0.2, 0.25) is 0 Å². The minimum Gasteiger partial charge on any atom is -0.504 e. The Bertz CT molecular complexity index is 1290. The molecule has 1 N–H and O–H groups in total. The van der Waals surface area contributed by atoms with E-state index in [9.17, 15) is 14.7 Å². The Hall–Kier alpha value is -3.06. The summed E-state index contributed by atoms with van der Waals surface area (Å²) in [5.74, 6) is 1.72. The fraction of sp³-hybridized carbons (Fsp3) is 0.533. The molecule has 37 heavy (non-hydrogen) atoms. The van der Waals surface area contributed by atoms with E-state index >= 15 is 0 Å². The first kappa shape index (κ1) is 23.1. The molecule has 3 aliphatic carbocycles. The molecule has 3 fully saturated rings. The highest BCUT2D eigenvalue weighted by molar-refractivity contribution is 5.90. The van der Waals surface area contributed by atoms with Crippen molar-refractivity contribution in [3.8, 4) is 17.2 Å². The van der Waals surface area contributed by atoms with Crippen molar-refractivity contribution in [2.24, 2.45) is 5.92 Å². The second-order valence-electron chi connectivity index (χ2n) is 11.5. The molecule has 1 saturated heterocycles. The highest BCUT2D eigenvalue weighted by Crippen LogP contribution is 2.66. The molecule has 7 heteroatoms. The third-order valence-corrected chi connectivity index (χ3v) is 9.61. The van der Waals surface area contributed by atoms with E-state index in [0.717, 1.165) is 42.0 Å². The fourth-order valence-corrected chi connectivity index (χ4v) is 7.84. The normalized spacial score (nSPS) is 31.4. The van der Waals surface area contributed by atoms with Gasteiger partial charge in [0.1, 0.15) is 11.4 Å². The smallest absolute Gasteiger partial charge is 0.306 e. The van der Waals surface area contributed by atoms with Crippen molar-refractivity contribution in [3.05, 3.63) is 53.1 Å². The van der Waals surface area contributed by atoms with Gasteiger partial charge in [0.05, 0.1) is 18.6 Å². The molecule has 2 bridgehead atoms. The van der Waals surface area contributed by atoms with Crippen LogP contribution in [0, 0.1) is 5.92 Å². The summed E-state index contributed by atoms with van der Waals surface area (Å²) >= 11 is 0. The number of hydrogen-bond acceptors (Lipinski definition) is 7. The number of piperidine rings is 1. The molecule has 2 saturated carbocycles. The lowest BCUT2D eigenvalue weighted by Crippen LogP contribution is -2.77. The van der Waals surface area contributed by atoms with Crippen LogP contribution in [-0.4, -0.2) is 59.7 Å². The molecular weight excluding hydrogens is 470 g/mol. The largest absolute Gasteiger partial charge is 0.504 e. The van der Waals surface area contributed by atoms with Crippen molar-refractivity contribution in [3.63, 3.8) is 0 Å². The van der Waals surface area contributed by atoms with Crippen LogP contribution in [0.5, 0.6) is 17.2 Å². The van der Waals surface area contributed by atoms with Crippen LogP contribution in [0.25, 0.3) is 0 Å². The maximum Gasteiger partial charge on any atom is 0.306 e. The van der Waals surface area contributed by atoms with Gasteiger partial charge in [-0.25, -0.2) is 0 Å². The Morgan fingerprint density at radius 1 is 1.19 bits per heavy atom. The van der Waals surface area contributed by atoms with Gasteiger partial charge in [0, 0.05) is 24.9 Å². The molecule has 2 unspecified atom stereocenters. The van der Waals surface area contributed by atoms with E-state index in [1.165, 1.54) is 12.8 Å². The molecule has 7 nitrogen and oxygen atoms in total. The van der Waals surface area contributed by atoms with Crippen LogP contribution in [0.3, 0.4) is 0 Å². The van der Waals surface area contributed by atoms with E-state index in [0.29, 0.717) is 37.4 Å². The van der Waals surface area contributed by atoms with Crippen LogP contribution in [0.2, 0.25) is 0 Å². The average molecular weight is 504 g/mol. The number of rotatable bonds is 7. The molecule has 7 rings (SSSR count). The molecule has 2 aliphatic heterocycles. The lowest BCUT2D eigenvalue weighted by Gasteiger charge is -2.63. The maximum atomic E-state index is 13.6. The van der Waals surface area contributed by atoms with E-state index in [1.54, 1.807) is 13.2 Å². The van der Waals surface area contributed by atoms with Crippen molar-refractivity contribution in [2.75, 3.05) is 20.2 Å². The van der Waals surface area contributed by atoms with Gasteiger partial charge in [-0.3, -0.25) is 14.5 Å². The summed E-state index contributed by atoms with van der Waals surface area (Å²) in [5.41, 5.74) is 1.37. The zero-order chi connectivity index (χ0) is 25.4. The quantitative estimate of drug-likeness (QED) is 0.577. The summed E-state index contributed by atoms with van der Waals surface area (Å²) < 4.78 is 18.4. The standard InChI is InChI=1S/C30H33NO6/c1-35-23-5-3-2-4-19(23)9-11-25(34)37-30-13-12-22(33)28-29(30)14-15-31(17-18-6-7-18)24(30)16-20-8-10-21(32)27(36-28)26(20)29/h2-5,8,10,18,24,28,32H,6-7,9,11-17H2,1H3/t24?,28-,29?,30+/m0/s1. The number of nitrogens with zero attached hydrogens (tertiary/aromatic N) is 1. The van der Waals surface area contributed by atoms with E-state index in [1.807, 2.05) is 30.3 Å². The van der Waals surface area contributed by atoms with Crippen molar-refractivity contribution < 1.29 is 28.9 Å². The third-order valence-electron chi connectivity index (χ3n) is 9.61. The monoisotopic (exact) mass is 503 g/mol. The number of methoxy groups -OCH3 is 1. The number of aromatic hydroxyl groups is 1. The summed E-state index contributed by atoms with van der Waals surface area (Å²) in [4.78, 5) is 29.5. The number of likely N-dealkylation sites (tertiary alicyclic amines) is 1. The van der Waals surface area contributed by atoms with Gasteiger partial charge >= 0.3 is 5.97 Å². The van der Waals surface area contributed by atoms with E-state index in [-0.39, 0.29) is 30.0 Å². The summed E-state index contributed by atoms with van der Waals surface area (Å²) in [5, 5.41) is 10.7. The zero-order valence-electron chi connectivity index (χ0n) is 21.2. The summed E-state index contributed by atoms with van der Waals surface area (Å²) in [6, 6.07) is 11.4. The van der Waals surface area contributed by atoms with Crippen LogP contribution in [-0.2, 0) is 32.6 Å². The molecule has 0 amide bonds. The molecule has 194 valence electrons. The molecular formula is C30H33NO6. The van der Waals surface area contributed by atoms with Crippen molar-refractivity contribution in [1.29, 1.82) is 0 Å². The van der Waals surface area contributed by atoms with Crippen LogP contribution in [0.4, 0.5) is 0 Å². The highest BCUT2D eigenvalue weighted by Gasteiger charge is 2.75. The fourth-order valence-electron chi connectivity index (χ4n) is 7.84. The number of para-hydroxylation sites is 1. The van der Waals surface area contributed by atoms with E-state index in [2.05, 4.69) is 4.90 Å². The van der Waals surface area contributed by atoms with Gasteiger partial charge in [0.25, 0.3) is 0 Å². The molecule has 2 aromatic rings. The molecule has 4 atom stereocenters. The topological polar surface area (TPSA) is 85.3 Å². The van der Waals surface area contributed by atoms with Crippen molar-refractivity contribution in [2.45, 2.75) is 74.5 Å². The van der Waals surface area contributed by atoms with Gasteiger partial charge in [-0.05, 0) is 74.2 Å². The zero-order valence-corrected chi connectivity index (χ0v) is 21.2. The third kappa shape index (κ3) is 3.22. The van der Waals surface area contributed by atoms with E-state index in [4.69, 9.17) is 14.2 Å². The predicted molar refractivity (Wildman–Crippen MR) is 135 cm³/mol. The van der Waals surface area contributed by atoms with Crippen LogP contribution in [0.1, 0.15) is 55.2 Å². The lowest BCUT2D eigenvalue weighted by molar-refractivity contribution is -0.216. The Balaban J connectivity index is 1.29. The molecule has 2 heterocycles. The highest BCUT2D eigenvalue weighted by atomic mass is 16.6. The Morgan fingerprint density at radius 2 is 2.03 bits per heavy atom. The first-order chi connectivity index (χ1) is 18.0. The number of hydrogen-bond donors (Lipinski definition) is 1. The summed E-state index contributed by atoms with van der Waals surface area (Å²) in [6.07, 6.45) is 4.72. The number of ether oxygens (including phenoxy) is 3. The molecule has 5 aliphatic rings. The first-order valence-corrected chi connectivity index (χ1v) is 13.6. The average Bonchev–Trinajstić information content (AvgIpc) is 3.64. The number of aryl methyl sites for hydroxylation is 1. The van der Waals surface area contributed by atoms with Crippen LogP contribution < -0.4 is 9.47 Å². The predicted octanol–water partition coefficient (Wildman–Crippen LogP) is 3.72. The number of carbonyl (C=O) groups excluding carboxylic acids is 2. The van der Waals surface area contributed by atoms with Gasteiger partial charge < -0.3 is 19.3 Å². The van der Waals surface area contributed by atoms with Gasteiger partial charge in [-0.1, -0.05) is 24.3 Å². The summed E-state index contributed by atoms with van der Waals surface area (Å²) in [6.45, 7) is 1.84. The van der Waals surface area contributed by atoms with Gasteiger partial charge in [-0.15, -0.1) is 0 Å². The van der Waals surface area contributed by atoms with Gasteiger partial charge in [-0.2, -0.15) is 0 Å². The minimum atomic E-state index is -0.859. The molecule has 2 aromatic carbocycles. The number of carbonyl (C=O) groups is 2. The molecule has 0 radical (unpaired) electrons. The van der Waals surface area contributed by atoms with Crippen molar-refractivity contribution >= 4 is 11.8 Å². The Morgan fingerprint density at radius 3 is 2.84 bits per heavy atom. The number of Topliss-reactive ketones (excluding diaryl/α,β-unsaturated/α-hetero) is 1. The number of ketones is 1. The minimum absolute atomic E-state index is 0.0146. The second kappa shape index (κ2) is 8.22. The second-order valence-corrected chi connectivity index (χ2v) is 11.5. The number of esters is 1. The van der Waals surface area contributed by atoms with Crippen molar-refractivity contribution in [1.82, 2.24) is 4.90 Å². The number of benzene rings is 2. The maximum absolute atomic E-state index is 13.6. The first-order valence-electron chi connectivity index (χ1n) is 13.6. The summed E-state index contributed by atoms with van der Waals surface area (Å²) in [7, 11) is 1.64. The SMILES string of the molecule is COc1ccccc1CCC(=O)O[C@@]12CCC(=O)[C@@H]3Oc4c(O)ccc5c4C31CCN(CC1CC1)C2C5. The lowest BCUT2D eigenvalue weighted by atomic mass is 9.48. The Kier molecular flexibility index (Phi) is 5.13. The van der Waals surface area contributed by atoms with Gasteiger partial charge in [0.15, 0.2) is 23.4 Å². The van der Waals surface area contributed by atoms with E-state index < -0.39 is 17.1 Å². The van der Waals surface area contributed by atoms with Crippen LogP contribution in [0.15, 0.2) is 36.4 Å². The number of phenolic OH excluding ortho intramolecular Hbond substituents is 1.